The third-order valence-corrected chi connectivity index (χ3v) is 4.97. The number of amides is 1. The van der Waals surface area contributed by atoms with E-state index in [1.807, 2.05) is 31.2 Å². The lowest BCUT2D eigenvalue weighted by atomic mass is 10.2. The van der Waals surface area contributed by atoms with Crippen LogP contribution in [0.15, 0.2) is 53.4 Å². The number of carbonyl (C=O) groups is 1. The fourth-order valence-corrected chi connectivity index (χ4v) is 3.46. The maximum Gasteiger partial charge on any atom is 0.234 e. The number of aryl methyl sites for hydroxylation is 1. The molecule has 0 atom stereocenters. The molecule has 0 spiro atoms. The second-order valence-corrected chi connectivity index (χ2v) is 7.74. The molecule has 0 unspecified atom stereocenters. The Kier molecular flexibility index (Phi) is 5.81. The van der Waals surface area contributed by atoms with Crippen molar-refractivity contribution in [2.24, 2.45) is 5.14 Å². The van der Waals surface area contributed by atoms with Gasteiger partial charge in [0.1, 0.15) is 0 Å². The zero-order valence-electron chi connectivity index (χ0n) is 12.7. The summed E-state index contributed by atoms with van der Waals surface area (Å²) in [7, 11) is -3.55. The summed E-state index contributed by atoms with van der Waals surface area (Å²) in [5.74, 6) is -0.0221. The molecule has 122 valence electrons. The first-order chi connectivity index (χ1) is 10.8. The number of benzene rings is 2. The minimum absolute atomic E-state index is 0.113. The number of hydrogen-bond donors (Lipinski definition) is 2. The molecular formula is C16H18N2O3S2. The topological polar surface area (TPSA) is 89.3 Å². The van der Waals surface area contributed by atoms with E-state index in [0.29, 0.717) is 17.0 Å². The van der Waals surface area contributed by atoms with Gasteiger partial charge < -0.3 is 5.32 Å². The SMILES string of the molecule is Cc1ccccc1SCC(=O)Nc1ccc(CS(N)(=O)=O)cc1. The zero-order valence-corrected chi connectivity index (χ0v) is 14.3. The first-order valence-corrected chi connectivity index (χ1v) is 9.61. The van der Waals surface area contributed by atoms with Crippen molar-refractivity contribution in [3.05, 3.63) is 59.7 Å². The van der Waals surface area contributed by atoms with Crippen LogP contribution in [-0.4, -0.2) is 20.1 Å². The van der Waals surface area contributed by atoms with Gasteiger partial charge in [-0.15, -0.1) is 11.8 Å². The smallest absolute Gasteiger partial charge is 0.234 e. The molecule has 2 aromatic rings. The number of nitrogens with one attached hydrogen (secondary N) is 1. The molecule has 0 fully saturated rings. The number of hydrogen-bond acceptors (Lipinski definition) is 4. The van der Waals surface area contributed by atoms with Crippen LogP contribution in [0.4, 0.5) is 5.69 Å². The molecule has 0 saturated heterocycles. The van der Waals surface area contributed by atoms with Crippen LogP contribution in [0.5, 0.6) is 0 Å². The van der Waals surface area contributed by atoms with Crippen molar-refractivity contribution in [1.82, 2.24) is 0 Å². The van der Waals surface area contributed by atoms with Crippen LogP contribution in [0.3, 0.4) is 0 Å². The van der Waals surface area contributed by atoms with Gasteiger partial charge in [-0.1, -0.05) is 30.3 Å². The molecule has 0 heterocycles. The first kappa shape index (κ1) is 17.5. The molecule has 0 aliphatic heterocycles. The average molecular weight is 350 g/mol. The number of thioether (sulfide) groups is 1. The standard InChI is InChI=1S/C16H18N2O3S2/c1-12-4-2-3-5-15(12)22-10-16(19)18-14-8-6-13(7-9-14)11-23(17,20)21/h2-9H,10-11H2,1H3,(H,18,19)(H2,17,20,21). The fourth-order valence-electron chi connectivity index (χ4n) is 1.98. The molecule has 2 rings (SSSR count). The van der Waals surface area contributed by atoms with E-state index in [2.05, 4.69) is 5.32 Å². The molecule has 2 aromatic carbocycles. The molecule has 3 N–H and O–H groups in total. The highest BCUT2D eigenvalue weighted by atomic mass is 32.2. The number of carbonyl (C=O) groups excluding carboxylic acids is 1. The summed E-state index contributed by atoms with van der Waals surface area (Å²) in [5.41, 5.74) is 2.34. The van der Waals surface area contributed by atoms with Crippen LogP contribution in [-0.2, 0) is 20.6 Å². The maximum absolute atomic E-state index is 12.0. The Morgan fingerprint density at radius 1 is 1.13 bits per heavy atom. The first-order valence-electron chi connectivity index (χ1n) is 6.91. The van der Waals surface area contributed by atoms with Crippen molar-refractivity contribution in [2.75, 3.05) is 11.1 Å². The van der Waals surface area contributed by atoms with Crippen LogP contribution >= 0.6 is 11.8 Å². The second-order valence-electron chi connectivity index (χ2n) is 5.11. The van der Waals surface area contributed by atoms with Crippen molar-refractivity contribution in [3.8, 4) is 0 Å². The highest BCUT2D eigenvalue weighted by Crippen LogP contribution is 2.22. The minimum atomic E-state index is -3.55. The monoisotopic (exact) mass is 350 g/mol. The molecule has 0 aromatic heterocycles. The van der Waals surface area contributed by atoms with Gasteiger partial charge in [-0.3, -0.25) is 4.79 Å². The summed E-state index contributed by atoms with van der Waals surface area (Å²) in [4.78, 5) is 13.0. The van der Waals surface area contributed by atoms with E-state index in [0.717, 1.165) is 10.5 Å². The van der Waals surface area contributed by atoms with Crippen LogP contribution in [0.2, 0.25) is 0 Å². The highest BCUT2D eigenvalue weighted by molar-refractivity contribution is 8.00. The van der Waals surface area contributed by atoms with Gasteiger partial charge in [0.05, 0.1) is 11.5 Å². The summed E-state index contributed by atoms with van der Waals surface area (Å²) < 4.78 is 22.0. The minimum Gasteiger partial charge on any atom is -0.325 e. The van der Waals surface area contributed by atoms with Crippen molar-refractivity contribution in [2.45, 2.75) is 17.6 Å². The van der Waals surface area contributed by atoms with Crippen molar-refractivity contribution in [1.29, 1.82) is 0 Å². The van der Waals surface area contributed by atoms with Gasteiger partial charge in [-0.25, -0.2) is 13.6 Å². The van der Waals surface area contributed by atoms with Crippen molar-refractivity contribution < 1.29 is 13.2 Å². The molecule has 7 heteroatoms. The Labute approximate surface area is 140 Å². The van der Waals surface area contributed by atoms with Crippen molar-refractivity contribution in [3.63, 3.8) is 0 Å². The van der Waals surface area contributed by atoms with E-state index in [-0.39, 0.29) is 11.7 Å². The Hall–Kier alpha value is -1.83. The fraction of sp³-hybridized carbons (Fsp3) is 0.188. The van der Waals surface area contributed by atoms with E-state index in [4.69, 9.17) is 5.14 Å². The number of rotatable bonds is 6. The molecule has 0 radical (unpaired) electrons. The Morgan fingerprint density at radius 2 is 1.78 bits per heavy atom. The second kappa shape index (κ2) is 7.63. The van der Waals surface area contributed by atoms with Gasteiger partial charge in [0.25, 0.3) is 0 Å². The van der Waals surface area contributed by atoms with Crippen LogP contribution in [0.1, 0.15) is 11.1 Å². The van der Waals surface area contributed by atoms with Crippen LogP contribution in [0, 0.1) is 6.92 Å². The van der Waals surface area contributed by atoms with Gasteiger partial charge in [-0.2, -0.15) is 0 Å². The molecule has 0 aliphatic carbocycles. The van der Waals surface area contributed by atoms with E-state index < -0.39 is 10.0 Å². The predicted molar refractivity (Wildman–Crippen MR) is 93.8 cm³/mol. The lowest BCUT2D eigenvalue weighted by molar-refractivity contribution is -0.113. The van der Waals surface area contributed by atoms with Gasteiger partial charge in [0.15, 0.2) is 0 Å². The van der Waals surface area contributed by atoms with E-state index in [1.54, 1.807) is 24.3 Å². The summed E-state index contributed by atoms with van der Waals surface area (Å²) in [5, 5.41) is 7.77. The van der Waals surface area contributed by atoms with E-state index in [9.17, 15) is 13.2 Å². The quantitative estimate of drug-likeness (QED) is 0.784. The highest BCUT2D eigenvalue weighted by Gasteiger charge is 2.07. The molecule has 0 bridgehead atoms. The molecule has 5 nitrogen and oxygen atoms in total. The van der Waals surface area contributed by atoms with E-state index in [1.165, 1.54) is 11.8 Å². The molecule has 1 amide bonds. The van der Waals surface area contributed by atoms with Gasteiger partial charge in [-0.05, 0) is 36.2 Å². The van der Waals surface area contributed by atoms with Gasteiger partial charge in [0, 0.05) is 10.6 Å². The molecule has 23 heavy (non-hydrogen) atoms. The molecule has 0 aliphatic rings. The third kappa shape index (κ3) is 6.05. The summed E-state index contributed by atoms with van der Waals surface area (Å²) >= 11 is 1.48. The summed E-state index contributed by atoms with van der Waals surface area (Å²) in [6.45, 7) is 2.00. The third-order valence-electron chi connectivity index (χ3n) is 3.06. The number of nitrogens with two attached hydrogens (primary N) is 1. The Bertz CT molecular complexity index is 787. The van der Waals surface area contributed by atoms with E-state index >= 15 is 0 Å². The lowest BCUT2D eigenvalue weighted by Gasteiger charge is -2.07. The largest absolute Gasteiger partial charge is 0.325 e. The molecular weight excluding hydrogens is 332 g/mol. The van der Waals surface area contributed by atoms with Gasteiger partial charge >= 0.3 is 0 Å². The zero-order chi connectivity index (χ0) is 16.9. The number of anilines is 1. The summed E-state index contributed by atoms with van der Waals surface area (Å²) in [6.07, 6.45) is 0. The number of sulfonamides is 1. The predicted octanol–water partition coefficient (Wildman–Crippen LogP) is 2.51. The van der Waals surface area contributed by atoms with Crippen molar-refractivity contribution >= 4 is 33.4 Å². The lowest BCUT2D eigenvalue weighted by Crippen LogP contribution is -2.15. The van der Waals surface area contributed by atoms with Crippen LogP contribution < -0.4 is 10.5 Å². The summed E-state index contributed by atoms with van der Waals surface area (Å²) in [6, 6.07) is 14.5. The molecule has 0 saturated carbocycles. The van der Waals surface area contributed by atoms with Crippen LogP contribution in [0.25, 0.3) is 0 Å². The Morgan fingerprint density at radius 3 is 2.39 bits per heavy atom. The normalized spacial score (nSPS) is 11.2. The average Bonchev–Trinajstić information content (AvgIpc) is 2.47. The Balaban J connectivity index is 1.89. The number of primary sulfonamides is 1. The van der Waals surface area contributed by atoms with Gasteiger partial charge in [0.2, 0.25) is 15.9 Å². The maximum atomic E-state index is 12.0.